The molecule has 0 aliphatic carbocycles. The summed E-state index contributed by atoms with van der Waals surface area (Å²) in [5.41, 5.74) is 6.30. The Morgan fingerprint density at radius 3 is 2.45 bits per heavy atom. The minimum atomic E-state index is -0.318. The van der Waals surface area contributed by atoms with Gasteiger partial charge in [-0.2, -0.15) is 0 Å². The Kier molecular flexibility index (Phi) is 6.38. The van der Waals surface area contributed by atoms with Crippen molar-refractivity contribution in [1.82, 2.24) is 15.3 Å². The Morgan fingerprint density at radius 1 is 1.35 bits per heavy atom. The molecule has 0 amide bonds. The fraction of sp³-hybridized carbons (Fsp3) is 0.643. The van der Waals surface area contributed by atoms with Gasteiger partial charge in [-0.05, 0) is 46.7 Å². The molecule has 0 bridgehead atoms. The van der Waals surface area contributed by atoms with Gasteiger partial charge in [-0.3, -0.25) is 9.78 Å². The molecule has 3 N–H and O–H groups in total. The molecule has 1 aliphatic rings. The highest BCUT2D eigenvalue weighted by Crippen LogP contribution is 2.22. The maximum Gasteiger partial charge on any atom is 0.293 e. The van der Waals surface area contributed by atoms with Crippen LogP contribution in [0.1, 0.15) is 45.2 Å². The highest BCUT2D eigenvalue weighted by molar-refractivity contribution is 5.37. The number of hydrogen-bond acceptors (Lipinski definition) is 6. The first-order chi connectivity index (χ1) is 9.42. The zero-order valence-corrected chi connectivity index (χ0v) is 12.4. The summed E-state index contributed by atoms with van der Waals surface area (Å²) in [5, 5.41) is 3.32. The van der Waals surface area contributed by atoms with E-state index in [9.17, 15) is 4.79 Å². The first-order valence-electron chi connectivity index (χ1n) is 6.82. The van der Waals surface area contributed by atoms with E-state index >= 15 is 0 Å². The Labute approximate surface area is 120 Å². The highest BCUT2D eigenvalue weighted by atomic mass is 16.5. The second-order valence-electron chi connectivity index (χ2n) is 5.72. The standard InChI is InChI=1S/C9H14N4.C5H10O2/c10-9-6-12-5-8(13-9)7-1-3-11-4-2-7;1-5(2,3)7-4-6/h5-7,11H,1-4H2,(H2,10,13);4H,1-3H3. The molecule has 112 valence electrons. The van der Waals surface area contributed by atoms with Gasteiger partial charge in [-0.1, -0.05) is 0 Å². The molecule has 6 heteroatoms. The van der Waals surface area contributed by atoms with Gasteiger partial charge in [-0.25, -0.2) is 4.98 Å². The normalized spacial score (nSPS) is 15.9. The van der Waals surface area contributed by atoms with Crippen molar-refractivity contribution in [3.8, 4) is 0 Å². The number of carbonyl (C=O) groups excluding carboxylic acids is 1. The van der Waals surface area contributed by atoms with E-state index in [-0.39, 0.29) is 5.60 Å². The van der Waals surface area contributed by atoms with Crippen LogP contribution < -0.4 is 11.1 Å². The quantitative estimate of drug-likeness (QED) is 0.798. The molecule has 0 radical (unpaired) electrons. The Hall–Kier alpha value is -1.69. The lowest BCUT2D eigenvalue weighted by Crippen LogP contribution is -2.27. The number of anilines is 1. The van der Waals surface area contributed by atoms with Crippen molar-refractivity contribution < 1.29 is 9.53 Å². The zero-order valence-electron chi connectivity index (χ0n) is 12.4. The summed E-state index contributed by atoms with van der Waals surface area (Å²) in [4.78, 5) is 17.9. The minimum absolute atomic E-state index is 0.318. The first kappa shape index (κ1) is 16.4. The third-order valence-electron chi connectivity index (χ3n) is 2.83. The average molecular weight is 280 g/mol. The first-order valence-corrected chi connectivity index (χ1v) is 6.82. The number of aromatic nitrogens is 2. The molecule has 1 fully saturated rings. The predicted molar refractivity (Wildman–Crippen MR) is 78.2 cm³/mol. The SMILES string of the molecule is CC(C)(C)OC=O.Nc1cncc(C2CCNCC2)n1. The Morgan fingerprint density at radius 2 is 2.00 bits per heavy atom. The molecular weight excluding hydrogens is 256 g/mol. The summed E-state index contributed by atoms with van der Waals surface area (Å²) in [6, 6.07) is 0. The molecule has 20 heavy (non-hydrogen) atoms. The van der Waals surface area contributed by atoms with Crippen molar-refractivity contribution in [2.45, 2.75) is 45.1 Å². The van der Waals surface area contributed by atoms with Crippen LogP contribution in [0.2, 0.25) is 0 Å². The number of hydrogen-bond donors (Lipinski definition) is 2. The van der Waals surface area contributed by atoms with E-state index in [1.807, 2.05) is 27.0 Å². The number of nitrogens with one attached hydrogen (secondary N) is 1. The van der Waals surface area contributed by atoms with Crippen LogP contribution >= 0.6 is 0 Å². The summed E-state index contributed by atoms with van der Waals surface area (Å²) in [6.45, 7) is 8.06. The summed E-state index contributed by atoms with van der Waals surface area (Å²) < 4.78 is 4.55. The molecule has 0 atom stereocenters. The van der Waals surface area contributed by atoms with Gasteiger partial charge in [-0.15, -0.1) is 0 Å². The predicted octanol–water partition coefficient (Wildman–Crippen LogP) is 1.48. The lowest BCUT2D eigenvalue weighted by molar-refractivity contribution is -0.138. The molecule has 2 rings (SSSR count). The molecule has 0 saturated carbocycles. The average Bonchev–Trinajstić information content (AvgIpc) is 2.39. The van der Waals surface area contributed by atoms with Crippen molar-refractivity contribution in [2.24, 2.45) is 0 Å². The van der Waals surface area contributed by atoms with Crippen molar-refractivity contribution in [3.05, 3.63) is 18.1 Å². The molecule has 1 aromatic rings. The van der Waals surface area contributed by atoms with Gasteiger partial charge < -0.3 is 15.8 Å². The summed E-state index contributed by atoms with van der Waals surface area (Å²) >= 11 is 0. The molecular formula is C14H24N4O2. The Bertz CT molecular complexity index is 412. The number of carbonyl (C=O) groups is 1. The molecule has 1 saturated heterocycles. The summed E-state index contributed by atoms with van der Waals surface area (Å²) in [6.07, 6.45) is 5.69. The van der Waals surface area contributed by atoms with E-state index in [2.05, 4.69) is 20.0 Å². The smallest absolute Gasteiger partial charge is 0.293 e. The van der Waals surface area contributed by atoms with E-state index in [0.717, 1.165) is 31.6 Å². The van der Waals surface area contributed by atoms with Crippen LogP contribution in [0.4, 0.5) is 5.82 Å². The van der Waals surface area contributed by atoms with E-state index in [1.165, 1.54) is 0 Å². The van der Waals surface area contributed by atoms with Crippen molar-refractivity contribution in [3.63, 3.8) is 0 Å². The maximum absolute atomic E-state index is 9.60. The highest BCUT2D eigenvalue weighted by Gasteiger charge is 2.16. The minimum Gasteiger partial charge on any atom is -0.462 e. The monoisotopic (exact) mass is 280 g/mol. The number of nitrogens with zero attached hydrogens (tertiary/aromatic N) is 2. The van der Waals surface area contributed by atoms with Crippen LogP contribution in [0, 0.1) is 0 Å². The lowest BCUT2D eigenvalue weighted by Gasteiger charge is -2.21. The summed E-state index contributed by atoms with van der Waals surface area (Å²) in [5.74, 6) is 1.06. The lowest BCUT2D eigenvalue weighted by atomic mass is 9.95. The summed E-state index contributed by atoms with van der Waals surface area (Å²) in [7, 11) is 0. The number of ether oxygens (including phenoxy) is 1. The largest absolute Gasteiger partial charge is 0.462 e. The van der Waals surface area contributed by atoms with Gasteiger partial charge in [0.15, 0.2) is 0 Å². The molecule has 2 heterocycles. The topological polar surface area (TPSA) is 90.1 Å². The Balaban J connectivity index is 0.000000246. The molecule has 0 spiro atoms. The zero-order chi connectivity index (χ0) is 15.0. The van der Waals surface area contributed by atoms with Gasteiger partial charge in [0.25, 0.3) is 6.47 Å². The van der Waals surface area contributed by atoms with Gasteiger partial charge in [0.2, 0.25) is 0 Å². The van der Waals surface area contributed by atoms with Crippen LogP contribution in [0.15, 0.2) is 12.4 Å². The van der Waals surface area contributed by atoms with Gasteiger partial charge in [0, 0.05) is 12.1 Å². The maximum atomic E-state index is 9.60. The van der Waals surface area contributed by atoms with E-state index in [4.69, 9.17) is 5.73 Å². The molecule has 0 unspecified atom stereocenters. The van der Waals surface area contributed by atoms with E-state index in [1.54, 1.807) is 6.20 Å². The van der Waals surface area contributed by atoms with Gasteiger partial charge in [0.05, 0.1) is 11.9 Å². The fourth-order valence-corrected chi connectivity index (χ4v) is 1.86. The third-order valence-corrected chi connectivity index (χ3v) is 2.83. The third kappa shape index (κ3) is 6.47. The van der Waals surface area contributed by atoms with Crippen molar-refractivity contribution in [1.29, 1.82) is 0 Å². The number of nitrogens with two attached hydrogens (primary N) is 1. The molecule has 6 nitrogen and oxygen atoms in total. The fourth-order valence-electron chi connectivity index (χ4n) is 1.86. The van der Waals surface area contributed by atoms with E-state index in [0.29, 0.717) is 18.2 Å². The molecule has 0 aromatic carbocycles. The number of rotatable bonds is 2. The van der Waals surface area contributed by atoms with E-state index < -0.39 is 0 Å². The van der Waals surface area contributed by atoms with Gasteiger partial charge >= 0.3 is 0 Å². The number of nitrogen functional groups attached to an aromatic ring is 1. The van der Waals surface area contributed by atoms with Crippen molar-refractivity contribution >= 4 is 12.3 Å². The molecule has 1 aromatic heterocycles. The molecule has 1 aliphatic heterocycles. The van der Waals surface area contributed by atoms with Gasteiger partial charge in [0.1, 0.15) is 11.4 Å². The number of piperidine rings is 1. The van der Waals surface area contributed by atoms with Crippen LogP contribution in [0.3, 0.4) is 0 Å². The van der Waals surface area contributed by atoms with Crippen LogP contribution in [-0.4, -0.2) is 35.1 Å². The van der Waals surface area contributed by atoms with Crippen LogP contribution in [0.5, 0.6) is 0 Å². The van der Waals surface area contributed by atoms with Crippen LogP contribution in [0.25, 0.3) is 0 Å². The van der Waals surface area contributed by atoms with Crippen molar-refractivity contribution in [2.75, 3.05) is 18.8 Å². The second-order valence-corrected chi connectivity index (χ2v) is 5.72. The van der Waals surface area contributed by atoms with Crippen LogP contribution in [-0.2, 0) is 9.53 Å². The second kappa shape index (κ2) is 7.79.